The second-order valence-corrected chi connectivity index (χ2v) is 6.74. The van der Waals surface area contributed by atoms with E-state index in [1.54, 1.807) is 11.8 Å². The van der Waals surface area contributed by atoms with Gasteiger partial charge in [0.2, 0.25) is 0 Å². The van der Waals surface area contributed by atoms with Crippen LogP contribution in [0.25, 0.3) is 0 Å². The Bertz CT molecular complexity index is 451. The van der Waals surface area contributed by atoms with Crippen molar-refractivity contribution < 1.29 is 0 Å². The highest BCUT2D eigenvalue weighted by atomic mass is 32.2. The van der Waals surface area contributed by atoms with Crippen LogP contribution in [0, 0.1) is 5.92 Å². The van der Waals surface area contributed by atoms with E-state index in [0.29, 0.717) is 6.54 Å². The van der Waals surface area contributed by atoms with Gasteiger partial charge in [-0.05, 0) is 37.1 Å². The number of nitrogens with zero attached hydrogens (tertiary/aromatic N) is 2. The van der Waals surface area contributed by atoms with Crippen molar-refractivity contribution in [2.45, 2.75) is 24.3 Å². The predicted octanol–water partition coefficient (Wildman–Crippen LogP) is 2.40. The molecule has 110 valence electrons. The van der Waals surface area contributed by atoms with Gasteiger partial charge < -0.3 is 10.6 Å². The van der Waals surface area contributed by atoms with Crippen LogP contribution in [0.4, 0.5) is 5.69 Å². The average molecular weight is 291 g/mol. The molecular formula is C16H25N3S. The molecule has 2 aliphatic rings. The maximum absolute atomic E-state index is 5.98. The zero-order valence-electron chi connectivity index (χ0n) is 12.3. The van der Waals surface area contributed by atoms with Gasteiger partial charge in [0.25, 0.3) is 0 Å². The van der Waals surface area contributed by atoms with Gasteiger partial charge in [0, 0.05) is 55.4 Å². The monoisotopic (exact) mass is 291 g/mol. The summed E-state index contributed by atoms with van der Waals surface area (Å²) in [5.74, 6) is 1.00. The molecule has 1 saturated heterocycles. The SMILES string of the molecule is CSc1cccc(N2CCN(CC3CC3)CC2)c1CN. The number of hydrogen-bond donors (Lipinski definition) is 1. The minimum atomic E-state index is 0.634. The Morgan fingerprint density at radius 1 is 1.20 bits per heavy atom. The van der Waals surface area contributed by atoms with E-state index < -0.39 is 0 Å². The molecule has 0 aromatic heterocycles. The van der Waals surface area contributed by atoms with Crippen LogP contribution in [-0.4, -0.2) is 43.9 Å². The van der Waals surface area contributed by atoms with E-state index in [-0.39, 0.29) is 0 Å². The molecule has 1 saturated carbocycles. The second kappa shape index (κ2) is 6.37. The molecule has 4 heteroatoms. The molecule has 1 heterocycles. The predicted molar refractivity (Wildman–Crippen MR) is 87.5 cm³/mol. The molecule has 2 fully saturated rings. The van der Waals surface area contributed by atoms with Crippen molar-refractivity contribution in [2.24, 2.45) is 11.7 Å². The first-order valence-electron chi connectivity index (χ1n) is 7.65. The summed E-state index contributed by atoms with van der Waals surface area (Å²) >= 11 is 1.80. The zero-order valence-corrected chi connectivity index (χ0v) is 13.2. The summed E-state index contributed by atoms with van der Waals surface area (Å²) in [6.45, 7) is 6.63. The van der Waals surface area contributed by atoms with Crippen molar-refractivity contribution in [1.82, 2.24) is 4.90 Å². The molecule has 3 nitrogen and oxygen atoms in total. The average Bonchev–Trinajstić information content (AvgIpc) is 3.31. The summed E-state index contributed by atoms with van der Waals surface area (Å²) in [7, 11) is 0. The van der Waals surface area contributed by atoms with Gasteiger partial charge in [-0.25, -0.2) is 0 Å². The Hall–Kier alpha value is -0.710. The van der Waals surface area contributed by atoms with E-state index in [9.17, 15) is 0 Å². The fourth-order valence-corrected chi connectivity index (χ4v) is 3.73. The van der Waals surface area contributed by atoms with Crippen LogP contribution in [0.3, 0.4) is 0 Å². The Morgan fingerprint density at radius 2 is 1.95 bits per heavy atom. The summed E-state index contributed by atoms with van der Waals surface area (Å²) in [6.07, 6.45) is 5.03. The molecule has 0 spiro atoms. The molecule has 1 aromatic rings. The lowest BCUT2D eigenvalue weighted by Gasteiger charge is -2.37. The van der Waals surface area contributed by atoms with E-state index in [1.807, 2.05) is 0 Å². The lowest BCUT2D eigenvalue weighted by atomic mass is 10.1. The molecule has 1 aromatic carbocycles. The number of hydrogen-bond acceptors (Lipinski definition) is 4. The van der Waals surface area contributed by atoms with Crippen LogP contribution >= 0.6 is 11.8 Å². The maximum Gasteiger partial charge on any atom is 0.0423 e. The number of thioether (sulfide) groups is 1. The molecule has 1 aliphatic carbocycles. The van der Waals surface area contributed by atoms with Crippen LogP contribution in [-0.2, 0) is 6.54 Å². The lowest BCUT2D eigenvalue weighted by Crippen LogP contribution is -2.47. The quantitative estimate of drug-likeness (QED) is 0.845. The Kier molecular flexibility index (Phi) is 4.54. The van der Waals surface area contributed by atoms with Crippen LogP contribution in [0.5, 0.6) is 0 Å². The van der Waals surface area contributed by atoms with Crippen LogP contribution in [0.15, 0.2) is 23.1 Å². The van der Waals surface area contributed by atoms with Crippen molar-refractivity contribution in [2.75, 3.05) is 43.9 Å². The van der Waals surface area contributed by atoms with E-state index in [0.717, 1.165) is 19.0 Å². The van der Waals surface area contributed by atoms with Gasteiger partial charge in [0.1, 0.15) is 0 Å². The molecule has 0 atom stereocenters. The standard InChI is InChI=1S/C16H25N3S/c1-20-16-4-2-3-15(14(16)11-17)19-9-7-18(8-10-19)12-13-5-6-13/h2-4,13H,5-12,17H2,1H3. The molecule has 0 radical (unpaired) electrons. The third-order valence-electron chi connectivity index (χ3n) is 4.46. The minimum Gasteiger partial charge on any atom is -0.369 e. The Balaban J connectivity index is 1.67. The number of anilines is 1. The van der Waals surface area contributed by atoms with Crippen LogP contribution < -0.4 is 10.6 Å². The van der Waals surface area contributed by atoms with E-state index >= 15 is 0 Å². The van der Waals surface area contributed by atoms with Crippen molar-refractivity contribution in [1.29, 1.82) is 0 Å². The van der Waals surface area contributed by atoms with Gasteiger partial charge in [-0.2, -0.15) is 0 Å². The summed E-state index contributed by atoms with van der Waals surface area (Å²) < 4.78 is 0. The Labute approximate surface area is 126 Å². The second-order valence-electron chi connectivity index (χ2n) is 5.89. The van der Waals surface area contributed by atoms with Gasteiger partial charge in [-0.1, -0.05) is 6.07 Å². The van der Waals surface area contributed by atoms with Gasteiger partial charge in [-0.15, -0.1) is 11.8 Å². The molecule has 2 N–H and O–H groups in total. The van der Waals surface area contributed by atoms with Gasteiger partial charge in [0.05, 0.1) is 0 Å². The summed E-state index contributed by atoms with van der Waals surface area (Å²) in [4.78, 5) is 6.48. The molecule has 0 unspecified atom stereocenters. The molecule has 20 heavy (non-hydrogen) atoms. The highest BCUT2D eigenvalue weighted by molar-refractivity contribution is 7.98. The largest absolute Gasteiger partial charge is 0.369 e. The fraction of sp³-hybridized carbons (Fsp3) is 0.625. The zero-order chi connectivity index (χ0) is 13.9. The maximum atomic E-state index is 5.98. The van der Waals surface area contributed by atoms with E-state index in [4.69, 9.17) is 5.73 Å². The third-order valence-corrected chi connectivity index (χ3v) is 5.28. The smallest absolute Gasteiger partial charge is 0.0423 e. The fourth-order valence-electron chi connectivity index (χ4n) is 3.08. The molecule has 3 rings (SSSR count). The van der Waals surface area contributed by atoms with Gasteiger partial charge in [-0.3, -0.25) is 4.90 Å². The number of benzene rings is 1. The van der Waals surface area contributed by atoms with E-state index in [1.165, 1.54) is 48.6 Å². The molecular weight excluding hydrogens is 266 g/mol. The first-order valence-corrected chi connectivity index (χ1v) is 8.87. The summed E-state index contributed by atoms with van der Waals surface area (Å²) in [5, 5.41) is 0. The third kappa shape index (κ3) is 3.13. The summed E-state index contributed by atoms with van der Waals surface area (Å²) in [6, 6.07) is 6.58. The lowest BCUT2D eigenvalue weighted by molar-refractivity contribution is 0.248. The topological polar surface area (TPSA) is 32.5 Å². The first-order chi connectivity index (χ1) is 9.81. The van der Waals surface area contributed by atoms with Crippen LogP contribution in [0.2, 0.25) is 0 Å². The van der Waals surface area contributed by atoms with Crippen molar-refractivity contribution in [3.05, 3.63) is 23.8 Å². The molecule has 0 bridgehead atoms. The minimum absolute atomic E-state index is 0.634. The number of piperazine rings is 1. The van der Waals surface area contributed by atoms with Crippen molar-refractivity contribution in [3.8, 4) is 0 Å². The first kappa shape index (κ1) is 14.2. The molecule has 0 amide bonds. The van der Waals surface area contributed by atoms with Crippen molar-refractivity contribution in [3.63, 3.8) is 0 Å². The van der Waals surface area contributed by atoms with Crippen molar-refractivity contribution >= 4 is 17.4 Å². The van der Waals surface area contributed by atoms with Gasteiger partial charge >= 0.3 is 0 Å². The van der Waals surface area contributed by atoms with Crippen LogP contribution in [0.1, 0.15) is 18.4 Å². The normalized spacial score (nSPS) is 20.4. The Morgan fingerprint density at radius 3 is 2.55 bits per heavy atom. The highest BCUT2D eigenvalue weighted by Gasteiger charge is 2.26. The van der Waals surface area contributed by atoms with Gasteiger partial charge in [0.15, 0.2) is 0 Å². The highest BCUT2D eigenvalue weighted by Crippen LogP contribution is 2.32. The number of rotatable bonds is 5. The van der Waals surface area contributed by atoms with E-state index in [2.05, 4.69) is 34.3 Å². The number of nitrogens with two attached hydrogens (primary N) is 1. The molecule has 1 aliphatic heterocycles. The summed E-state index contributed by atoms with van der Waals surface area (Å²) in [5.41, 5.74) is 8.65.